The third-order valence-electron chi connectivity index (χ3n) is 2.32. The predicted molar refractivity (Wildman–Crippen MR) is 87.5 cm³/mol. The second kappa shape index (κ2) is 7.14. The molecule has 1 aromatic carbocycles. The summed E-state index contributed by atoms with van der Waals surface area (Å²) in [6.45, 7) is 0.103. The van der Waals surface area contributed by atoms with Gasteiger partial charge in [-0.3, -0.25) is 4.79 Å². The van der Waals surface area contributed by atoms with Crippen LogP contribution in [0, 0.1) is 0 Å². The third kappa shape index (κ3) is 4.00. The van der Waals surface area contributed by atoms with Crippen LogP contribution in [-0.4, -0.2) is 21.7 Å². The lowest BCUT2D eigenvalue weighted by atomic mass is 10.2. The summed E-state index contributed by atoms with van der Waals surface area (Å²) in [7, 11) is 0. The van der Waals surface area contributed by atoms with E-state index < -0.39 is 0 Å². The summed E-state index contributed by atoms with van der Waals surface area (Å²) in [5.41, 5.74) is 3.39. The van der Waals surface area contributed by atoms with Gasteiger partial charge in [-0.05, 0) is 53.4 Å². The van der Waals surface area contributed by atoms with Crippen LogP contribution in [0.4, 0.5) is 0 Å². The Labute approximate surface area is 140 Å². The van der Waals surface area contributed by atoms with Gasteiger partial charge in [0.15, 0.2) is 4.73 Å². The van der Waals surface area contributed by atoms with Crippen molar-refractivity contribution in [3.8, 4) is 0 Å². The first-order valence-electron chi connectivity index (χ1n) is 5.52. The van der Waals surface area contributed by atoms with Crippen LogP contribution < -0.4 is 5.43 Å². The highest BCUT2D eigenvalue weighted by Crippen LogP contribution is 2.26. The van der Waals surface area contributed by atoms with E-state index in [1.807, 2.05) is 30.3 Å². The van der Waals surface area contributed by atoms with Crippen molar-refractivity contribution >= 4 is 59.9 Å². The Hall–Kier alpha value is -0.990. The summed E-state index contributed by atoms with van der Waals surface area (Å²) in [6.07, 6.45) is 1.59. The number of aromatic nitrogens is 2. The fraction of sp³-hybridized carbons (Fsp3) is 0.0833. The molecule has 1 N–H and O–H groups in total. The van der Waals surface area contributed by atoms with Crippen LogP contribution in [0.3, 0.4) is 0 Å². The average Bonchev–Trinajstić information content (AvgIpc) is 2.67. The summed E-state index contributed by atoms with van der Waals surface area (Å²) < 4.78 is 3.53. The summed E-state index contributed by atoms with van der Waals surface area (Å²) in [5.74, 6) is -0.247. The van der Waals surface area contributed by atoms with Crippen LogP contribution in [-0.2, 0) is 11.3 Å². The first-order valence-corrected chi connectivity index (χ1v) is 7.90. The van der Waals surface area contributed by atoms with Gasteiger partial charge in [0.25, 0.3) is 5.91 Å². The Balaban J connectivity index is 1.95. The van der Waals surface area contributed by atoms with Gasteiger partial charge >= 0.3 is 0 Å². The van der Waals surface area contributed by atoms with E-state index in [1.54, 1.807) is 10.8 Å². The van der Waals surface area contributed by atoms with Crippen LogP contribution in [0.1, 0.15) is 5.56 Å². The number of imidazole rings is 1. The average molecular weight is 465 g/mol. The summed E-state index contributed by atoms with van der Waals surface area (Å²) in [6, 6.07) is 9.52. The van der Waals surface area contributed by atoms with Crippen molar-refractivity contribution in [1.82, 2.24) is 15.0 Å². The third-order valence-corrected chi connectivity index (χ3v) is 4.82. The molecule has 1 heterocycles. The van der Waals surface area contributed by atoms with Crippen molar-refractivity contribution < 1.29 is 4.79 Å². The van der Waals surface area contributed by atoms with Gasteiger partial charge in [-0.2, -0.15) is 5.10 Å². The first-order chi connectivity index (χ1) is 9.58. The monoisotopic (exact) mass is 462 g/mol. The van der Waals surface area contributed by atoms with Crippen molar-refractivity contribution in [2.75, 3.05) is 0 Å². The van der Waals surface area contributed by atoms with E-state index in [4.69, 9.17) is 0 Å². The summed E-state index contributed by atoms with van der Waals surface area (Å²) in [4.78, 5) is 15.9. The maximum Gasteiger partial charge on any atom is 0.260 e. The van der Waals surface area contributed by atoms with E-state index in [9.17, 15) is 4.79 Å². The molecular formula is C12H9Br3N4O. The second-order valence-electron chi connectivity index (χ2n) is 3.75. The lowest BCUT2D eigenvalue weighted by molar-refractivity contribution is -0.121. The Kier molecular flexibility index (Phi) is 5.50. The number of hydrogen-bond acceptors (Lipinski definition) is 3. The highest BCUT2D eigenvalue weighted by molar-refractivity contribution is 9.13. The van der Waals surface area contributed by atoms with Crippen molar-refractivity contribution in [2.24, 2.45) is 5.10 Å². The molecule has 1 aromatic heterocycles. The van der Waals surface area contributed by atoms with Crippen molar-refractivity contribution in [3.05, 3.63) is 49.8 Å². The molecule has 0 aliphatic heterocycles. The van der Waals surface area contributed by atoms with Gasteiger partial charge in [0.1, 0.15) is 15.8 Å². The van der Waals surface area contributed by atoms with Gasteiger partial charge in [0, 0.05) is 0 Å². The van der Waals surface area contributed by atoms with Crippen LogP contribution in [0.15, 0.2) is 49.4 Å². The predicted octanol–water partition coefficient (Wildman–Crippen LogP) is 3.32. The van der Waals surface area contributed by atoms with Crippen molar-refractivity contribution in [1.29, 1.82) is 0 Å². The molecule has 0 unspecified atom stereocenters. The van der Waals surface area contributed by atoms with Crippen LogP contribution >= 0.6 is 47.8 Å². The molecule has 20 heavy (non-hydrogen) atoms. The van der Waals surface area contributed by atoms with Gasteiger partial charge in [0.05, 0.1) is 6.21 Å². The van der Waals surface area contributed by atoms with E-state index >= 15 is 0 Å². The van der Waals surface area contributed by atoms with Crippen LogP contribution in [0.5, 0.6) is 0 Å². The molecule has 1 amide bonds. The lowest BCUT2D eigenvalue weighted by Crippen LogP contribution is -2.23. The Bertz CT molecular complexity index is 640. The topological polar surface area (TPSA) is 59.3 Å². The molecule has 0 radical (unpaired) electrons. The quantitative estimate of drug-likeness (QED) is 0.557. The summed E-state index contributed by atoms with van der Waals surface area (Å²) in [5, 5.41) is 3.90. The Morgan fingerprint density at radius 1 is 1.30 bits per heavy atom. The van der Waals surface area contributed by atoms with E-state index in [-0.39, 0.29) is 12.5 Å². The molecule has 0 aliphatic carbocycles. The maximum absolute atomic E-state index is 11.8. The number of hydrogen-bond donors (Lipinski definition) is 1. The molecule has 2 aromatic rings. The fourth-order valence-corrected chi connectivity index (χ4v) is 3.13. The largest absolute Gasteiger partial charge is 0.303 e. The number of halogens is 3. The van der Waals surface area contributed by atoms with E-state index in [0.717, 1.165) is 5.56 Å². The normalized spacial score (nSPS) is 10.9. The minimum Gasteiger partial charge on any atom is -0.303 e. The molecule has 0 atom stereocenters. The molecule has 104 valence electrons. The lowest BCUT2D eigenvalue weighted by Gasteiger charge is -2.04. The van der Waals surface area contributed by atoms with Crippen molar-refractivity contribution in [3.63, 3.8) is 0 Å². The number of nitrogens with one attached hydrogen (secondary N) is 1. The zero-order valence-corrected chi connectivity index (χ0v) is 14.8. The molecule has 2 rings (SSSR count). The fourth-order valence-electron chi connectivity index (χ4n) is 1.41. The number of benzene rings is 1. The van der Waals surface area contributed by atoms with Gasteiger partial charge in [-0.15, -0.1) is 0 Å². The molecule has 0 aliphatic rings. The number of carbonyl (C=O) groups excluding carboxylic acids is 1. The zero-order chi connectivity index (χ0) is 14.5. The number of carbonyl (C=O) groups is 1. The molecule has 5 nitrogen and oxygen atoms in total. The molecule has 0 spiro atoms. The molecular weight excluding hydrogens is 456 g/mol. The van der Waals surface area contributed by atoms with Gasteiger partial charge in [-0.25, -0.2) is 10.4 Å². The van der Waals surface area contributed by atoms with Gasteiger partial charge in [0.2, 0.25) is 0 Å². The van der Waals surface area contributed by atoms with E-state index in [0.29, 0.717) is 13.9 Å². The van der Waals surface area contributed by atoms with E-state index in [1.165, 1.54) is 0 Å². The smallest absolute Gasteiger partial charge is 0.260 e. The zero-order valence-electron chi connectivity index (χ0n) is 10.1. The molecule has 0 fully saturated rings. The highest BCUT2D eigenvalue weighted by Gasteiger charge is 2.13. The number of amides is 1. The number of hydrazone groups is 1. The Morgan fingerprint density at radius 3 is 2.60 bits per heavy atom. The molecule has 0 saturated carbocycles. The summed E-state index contributed by atoms with van der Waals surface area (Å²) >= 11 is 9.88. The molecule has 0 saturated heterocycles. The minimum absolute atomic E-state index is 0.103. The van der Waals surface area contributed by atoms with Gasteiger partial charge in [-0.1, -0.05) is 30.3 Å². The van der Waals surface area contributed by atoms with Crippen LogP contribution in [0.2, 0.25) is 0 Å². The SMILES string of the molecule is O=C(Cn1c(Br)nc(Br)c1Br)N/N=C\c1ccccc1. The number of nitrogens with zero attached hydrogens (tertiary/aromatic N) is 3. The van der Waals surface area contributed by atoms with Crippen molar-refractivity contribution in [2.45, 2.75) is 6.54 Å². The number of rotatable bonds is 4. The standard InChI is InChI=1S/C12H9Br3N4O/c13-10-11(14)19(12(15)17-10)7-9(20)18-16-6-8-4-2-1-3-5-8/h1-6H,7H2,(H,18,20)/b16-6-. The molecule has 8 heteroatoms. The molecule has 0 bridgehead atoms. The van der Waals surface area contributed by atoms with Gasteiger partial charge < -0.3 is 4.57 Å². The minimum atomic E-state index is -0.247. The highest BCUT2D eigenvalue weighted by atomic mass is 79.9. The second-order valence-corrected chi connectivity index (χ2v) is 5.96. The van der Waals surface area contributed by atoms with E-state index in [2.05, 4.69) is 63.3 Å². The first kappa shape index (κ1) is 15.4. The van der Waals surface area contributed by atoms with Crippen LogP contribution in [0.25, 0.3) is 0 Å². The maximum atomic E-state index is 11.8. The Morgan fingerprint density at radius 2 is 2.00 bits per heavy atom.